The van der Waals surface area contributed by atoms with Gasteiger partial charge in [0.1, 0.15) is 0 Å². The van der Waals surface area contributed by atoms with Crippen LogP contribution in [-0.4, -0.2) is 31.6 Å². The maximum absolute atomic E-state index is 12.2. The molecule has 0 amide bonds. The summed E-state index contributed by atoms with van der Waals surface area (Å²) in [5.41, 5.74) is 0.101. The van der Waals surface area contributed by atoms with Gasteiger partial charge in [0.2, 0.25) is 0 Å². The van der Waals surface area contributed by atoms with Crippen molar-refractivity contribution in [3.63, 3.8) is 0 Å². The van der Waals surface area contributed by atoms with Crippen molar-refractivity contribution >= 4 is 57.8 Å². The number of anilines is 1. The topological polar surface area (TPSA) is 111 Å². The molecule has 1 N–H and O–H groups in total. The SMILES string of the molecule is Cc1nc(NS(=O)(=O)c2c(Cl)cnn2C)sc1S(=O)(=O)Cl. The van der Waals surface area contributed by atoms with E-state index in [4.69, 9.17) is 22.3 Å². The Morgan fingerprint density at radius 3 is 2.38 bits per heavy atom. The van der Waals surface area contributed by atoms with Crippen LogP contribution in [-0.2, 0) is 26.1 Å². The molecule has 0 aliphatic heterocycles. The van der Waals surface area contributed by atoms with Gasteiger partial charge >= 0.3 is 0 Å². The normalized spacial score (nSPS) is 12.6. The largest absolute Gasteiger partial charge is 0.282 e. The van der Waals surface area contributed by atoms with Gasteiger partial charge in [0.25, 0.3) is 19.1 Å². The molecule has 0 aliphatic rings. The smallest absolute Gasteiger partial charge is 0.254 e. The fourth-order valence-electron chi connectivity index (χ4n) is 1.52. The van der Waals surface area contributed by atoms with Crippen LogP contribution in [0.1, 0.15) is 5.69 Å². The molecular weight excluding hydrogens is 383 g/mol. The molecule has 0 atom stereocenters. The first-order valence-electron chi connectivity index (χ1n) is 5.15. The Kier molecular flexibility index (Phi) is 4.23. The monoisotopic (exact) mass is 390 g/mol. The lowest BCUT2D eigenvalue weighted by atomic mass is 10.6. The number of aryl methyl sites for hydroxylation is 2. The standard InChI is InChI=1S/C8H8Cl2N4O4S3/c1-4-7(20(10,15)16)19-8(12-4)13-21(17,18)6-5(9)3-11-14(6)2/h3H,1-2H3,(H,12,13). The van der Waals surface area contributed by atoms with Gasteiger partial charge in [-0.15, -0.1) is 0 Å². The summed E-state index contributed by atoms with van der Waals surface area (Å²) < 4.78 is 50.0. The number of hydrogen-bond donors (Lipinski definition) is 1. The van der Waals surface area contributed by atoms with Gasteiger partial charge in [-0.3, -0.25) is 9.40 Å². The van der Waals surface area contributed by atoms with Gasteiger partial charge in [-0.1, -0.05) is 22.9 Å². The first-order chi connectivity index (χ1) is 9.52. The van der Waals surface area contributed by atoms with Crippen molar-refractivity contribution in [1.29, 1.82) is 0 Å². The van der Waals surface area contributed by atoms with Crippen LogP contribution in [0.15, 0.2) is 15.4 Å². The molecule has 0 bridgehead atoms. The van der Waals surface area contributed by atoms with E-state index in [0.29, 0.717) is 11.3 Å². The number of halogens is 2. The lowest BCUT2D eigenvalue weighted by Gasteiger charge is -2.05. The van der Waals surface area contributed by atoms with Crippen LogP contribution in [0, 0.1) is 6.92 Å². The minimum Gasteiger partial charge on any atom is -0.254 e. The number of nitrogens with one attached hydrogen (secondary N) is 1. The molecule has 0 unspecified atom stereocenters. The Bertz CT molecular complexity index is 881. The quantitative estimate of drug-likeness (QED) is 0.792. The summed E-state index contributed by atoms with van der Waals surface area (Å²) >= 11 is 6.38. The highest BCUT2D eigenvalue weighted by atomic mass is 35.7. The number of nitrogens with zero attached hydrogens (tertiary/aromatic N) is 3. The molecule has 2 aromatic rings. The van der Waals surface area contributed by atoms with E-state index in [1.54, 1.807) is 0 Å². The van der Waals surface area contributed by atoms with Crippen LogP contribution in [0.2, 0.25) is 5.02 Å². The fourth-order valence-corrected chi connectivity index (χ4v) is 5.76. The van der Waals surface area contributed by atoms with E-state index in [1.807, 2.05) is 0 Å². The van der Waals surface area contributed by atoms with Gasteiger partial charge < -0.3 is 0 Å². The van der Waals surface area contributed by atoms with Crippen molar-refractivity contribution in [1.82, 2.24) is 14.8 Å². The molecule has 0 saturated carbocycles. The second kappa shape index (κ2) is 5.39. The Morgan fingerprint density at radius 1 is 1.33 bits per heavy atom. The Labute approximate surface area is 134 Å². The molecule has 2 heterocycles. The summed E-state index contributed by atoms with van der Waals surface area (Å²) in [5, 5.41) is 3.26. The Hall–Kier alpha value is -0.880. The minimum absolute atomic E-state index is 0.0662. The number of hydrogen-bond acceptors (Lipinski definition) is 7. The molecule has 8 nitrogen and oxygen atoms in total. The van der Waals surface area contributed by atoms with Gasteiger partial charge in [-0.05, 0) is 6.92 Å². The van der Waals surface area contributed by atoms with Crippen molar-refractivity contribution in [2.45, 2.75) is 16.2 Å². The minimum atomic E-state index is -4.05. The summed E-state index contributed by atoms with van der Waals surface area (Å²) in [6, 6.07) is 0. The molecule has 13 heteroatoms. The van der Waals surface area contributed by atoms with E-state index in [-0.39, 0.29) is 25.1 Å². The molecule has 0 saturated heterocycles. The molecule has 0 spiro atoms. The summed E-state index contributed by atoms with van der Waals surface area (Å²) in [7, 11) is -1.41. The molecule has 2 aromatic heterocycles. The lowest BCUT2D eigenvalue weighted by Crippen LogP contribution is -2.17. The van der Waals surface area contributed by atoms with E-state index in [1.165, 1.54) is 20.2 Å². The fraction of sp³-hybridized carbons (Fsp3) is 0.250. The average Bonchev–Trinajstić information content (AvgIpc) is 2.81. The third kappa shape index (κ3) is 3.31. The number of aromatic nitrogens is 3. The highest BCUT2D eigenvalue weighted by Gasteiger charge is 2.26. The van der Waals surface area contributed by atoms with Crippen LogP contribution in [0.4, 0.5) is 5.13 Å². The summed E-state index contributed by atoms with van der Waals surface area (Å²) in [5.74, 6) is 0. The second-order valence-electron chi connectivity index (χ2n) is 3.86. The summed E-state index contributed by atoms with van der Waals surface area (Å²) in [4.78, 5) is 3.82. The molecule has 2 rings (SSSR count). The van der Waals surface area contributed by atoms with Gasteiger partial charge in [-0.25, -0.2) is 13.4 Å². The van der Waals surface area contributed by atoms with E-state index in [9.17, 15) is 16.8 Å². The maximum atomic E-state index is 12.2. The van der Waals surface area contributed by atoms with Gasteiger partial charge in [0.05, 0.1) is 16.9 Å². The van der Waals surface area contributed by atoms with Crippen molar-refractivity contribution in [2.75, 3.05) is 4.72 Å². The predicted molar refractivity (Wildman–Crippen MR) is 78.9 cm³/mol. The molecule has 0 radical (unpaired) electrons. The molecule has 0 aliphatic carbocycles. The van der Waals surface area contributed by atoms with Gasteiger partial charge in [0, 0.05) is 17.7 Å². The Morgan fingerprint density at radius 2 is 1.95 bits per heavy atom. The first kappa shape index (κ1) is 16.5. The zero-order chi connectivity index (χ0) is 16.0. The number of rotatable bonds is 4. The maximum Gasteiger partial charge on any atom is 0.282 e. The average molecular weight is 391 g/mol. The highest BCUT2D eigenvalue weighted by Crippen LogP contribution is 2.31. The lowest BCUT2D eigenvalue weighted by molar-refractivity contribution is 0.582. The van der Waals surface area contributed by atoms with E-state index in [0.717, 1.165) is 4.68 Å². The third-order valence-corrected chi connectivity index (χ3v) is 7.52. The summed E-state index contributed by atoms with van der Waals surface area (Å²) in [6.45, 7) is 1.40. The van der Waals surface area contributed by atoms with Crippen LogP contribution in [0.25, 0.3) is 0 Å². The predicted octanol–water partition coefficient (Wildman–Crippen LogP) is 1.57. The van der Waals surface area contributed by atoms with Crippen molar-refractivity contribution < 1.29 is 16.8 Å². The summed E-state index contributed by atoms with van der Waals surface area (Å²) in [6.07, 6.45) is 1.18. The van der Waals surface area contributed by atoms with Crippen LogP contribution < -0.4 is 4.72 Å². The van der Waals surface area contributed by atoms with Crippen LogP contribution >= 0.6 is 33.6 Å². The molecule has 21 heavy (non-hydrogen) atoms. The van der Waals surface area contributed by atoms with Crippen molar-refractivity contribution in [3.8, 4) is 0 Å². The third-order valence-electron chi connectivity index (χ3n) is 2.29. The molecule has 116 valence electrons. The number of sulfonamides is 1. The zero-order valence-corrected chi connectivity index (χ0v) is 14.5. The van der Waals surface area contributed by atoms with Gasteiger partial charge in [0.15, 0.2) is 14.4 Å². The Balaban J connectivity index is 2.43. The van der Waals surface area contributed by atoms with E-state index in [2.05, 4.69) is 14.8 Å². The molecule has 0 aromatic carbocycles. The molecule has 0 fully saturated rings. The van der Waals surface area contributed by atoms with Crippen LogP contribution in [0.5, 0.6) is 0 Å². The first-order valence-corrected chi connectivity index (χ1v) is 10.1. The van der Waals surface area contributed by atoms with E-state index < -0.39 is 19.1 Å². The zero-order valence-electron chi connectivity index (χ0n) is 10.5. The molecular formula is C8H8Cl2N4O4S3. The number of thiazole rings is 1. The van der Waals surface area contributed by atoms with Crippen molar-refractivity contribution in [2.24, 2.45) is 7.05 Å². The van der Waals surface area contributed by atoms with Gasteiger partial charge in [-0.2, -0.15) is 13.5 Å². The van der Waals surface area contributed by atoms with E-state index >= 15 is 0 Å². The van der Waals surface area contributed by atoms with Crippen molar-refractivity contribution in [3.05, 3.63) is 16.9 Å². The highest BCUT2D eigenvalue weighted by molar-refractivity contribution is 8.15. The second-order valence-corrected chi connectivity index (χ2v) is 9.62. The van der Waals surface area contributed by atoms with Crippen LogP contribution in [0.3, 0.4) is 0 Å².